The Labute approximate surface area is 172 Å². The van der Waals surface area contributed by atoms with Gasteiger partial charge in [0.15, 0.2) is 18.1 Å². The van der Waals surface area contributed by atoms with Gasteiger partial charge in [-0.25, -0.2) is 18.1 Å². The molecule has 30 heavy (non-hydrogen) atoms. The Kier molecular flexibility index (Phi) is 3.89. The molecule has 4 atom stereocenters. The van der Waals surface area contributed by atoms with E-state index >= 15 is 0 Å². The monoisotopic (exact) mass is 411 g/mol. The third-order valence-corrected chi connectivity index (χ3v) is 6.95. The Morgan fingerprint density at radius 3 is 2.93 bits per heavy atom. The van der Waals surface area contributed by atoms with E-state index < -0.39 is 11.6 Å². The Morgan fingerprint density at radius 1 is 1.40 bits per heavy atom. The molecule has 5 rings (SSSR count). The summed E-state index contributed by atoms with van der Waals surface area (Å²) in [6.45, 7) is 3.69. The number of carbonyl (C=O) groups is 2. The van der Waals surface area contributed by atoms with Gasteiger partial charge >= 0.3 is 6.03 Å². The van der Waals surface area contributed by atoms with Crippen molar-refractivity contribution in [3.63, 3.8) is 0 Å². The number of rotatable bonds is 4. The molecule has 1 aromatic heterocycles. The van der Waals surface area contributed by atoms with E-state index in [0.717, 1.165) is 24.2 Å². The number of anilines is 1. The Hall–Kier alpha value is -3.13. The Morgan fingerprint density at radius 2 is 2.20 bits per heavy atom. The molecule has 2 fully saturated rings. The molecule has 1 aliphatic carbocycles. The summed E-state index contributed by atoms with van der Waals surface area (Å²) in [6, 6.07) is 6.83. The second-order valence-electron chi connectivity index (χ2n) is 8.35. The summed E-state index contributed by atoms with van der Waals surface area (Å²) in [6.07, 6.45) is 4.00. The number of allylic oxidation sites excluding steroid dienone is 1. The molecule has 0 bridgehead atoms. The molecule has 8 heteroatoms. The zero-order chi connectivity index (χ0) is 21.3. The van der Waals surface area contributed by atoms with Crippen LogP contribution in [0.15, 0.2) is 42.7 Å². The molecule has 6 nitrogen and oxygen atoms in total. The largest absolute Gasteiger partial charge is 0.422 e. The number of fused-ring (bicyclic) bond motifs is 2. The molecular weight excluding hydrogens is 390 g/mol. The third kappa shape index (κ3) is 2.40. The maximum atomic E-state index is 13.9. The number of hydrogen-bond donors (Lipinski definition) is 2. The fourth-order valence-electron chi connectivity index (χ4n) is 5.23. The summed E-state index contributed by atoms with van der Waals surface area (Å²) < 4.78 is 27.1. The molecule has 3 unspecified atom stereocenters. The molecule has 3 aliphatic rings. The average molecular weight is 411 g/mol. The van der Waals surface area contributed by atoms with Crippen molar-refractivity contribution in [3.8, 4) is 0 Å². The van der Waals surface area contributed by atoms with E-state index in [1.165, 1.54) is 12.3 Å². The van der Waals surface area contributed by atoms with Gasteiger partial charge in [0.2, 0.25) is 0 Å². The molecule has 3 heterocycles. The number of hydrogen-bond acceptors (Lipinski definition) is 3. The number of benzene rings is 1. The fourth-order valence-corrected chi connectivity index (χ4v) is 5.23. The lowest BCUT2D eigenvalue weighted by Gasteiger charge is -2.26. The highest BCUT2D eigenvalue weighted by Gasteiger charge is 2.99. The smallest absolute Gasteiger partial charge is 0.327 e. The van der Waals surface area contributed by atoms with E-state index in [4.69, 9.17) is 0 Å². The summed E-state index contributed by atoms with van der Waals surface area (Å²) in [5, 5.41) is 5.60. The second kappa shape index (κ2) is 6.18. The molecule has 3 amide bonds. The first-order valence-corrected chi connectivity index (χ1v) is 9.87. The van der Waals surface area contributed by atoms with Gasteiger partial charge in [0.25, 0.3) is 5.91 Å². The van der Waals surface area contributed by atoms with Gasteiger partial charge in [0, 0.05) is 24.0 Å². The highest BCUT2D eigenvalue weighted by atomic mass is 19.1. The molecule has 1 spiro atoms. The van der Waals surface area contributed by atoms with E-state index in [2.05, 4.69) is 22.5 Å². The molecule has 0 radical (unpaired) electrons. The van der Waals surface area contributed by atoms with Crippen LogP contribution in [-0.2, 0) is 4.79 Å². The van der Waals surface area contributed by atoms with Crippen LogP contribution < -0.4 is 10.6 Å². The minimum Gasteiger partial charge on any atom is -0.327 e. The predicted molar refractivity (Wildman–Crippen MR) is 106 cm³/mol. The summed E-state index contributed by atoms with van der Waals surface area (Å²) in [5.74, 6) is -1.63. The maximum absolute atomic E-state index is 13.9. The lowest BCUT2D eigenvalue weighted by molar-refractivity contribution is -0.776. The number of nitrogens with one attached hydrogen (secondary N) is 2. The van der Waals surface area contributed by atoms with Crippen molar-refractivity contribution in [1.29, 1.82) is 0 Å². The van der Waals surface area contributed by atoms with E-state index in [1.807, 2.05) is 6.07 Å². The number of pyridine rings is 1. The molecule has 1 aromatic carbocycles. The van der Waals surface area contributed by atoms with Crippen molar-refractivity contribution in [1.82, 2.24) is 10.3 Å². The molecule has 2 N–H and O–H groups in total. The van der Waals surface area contributed by atoms with Crippen molar-refractivity contribution in [2.45, 2.75) is 37.8 Å². The first-order chi connectivity index (χ1) is 14.3. The zero-order valence-electron chi connectivity index (χ0n) is 16.6. The third-order valence-electron chi connectivity index (χ3n) is 6.95. The molecule has 1 saturated carbocycles. The van der Waals surface area contributed by atoms with Crippen molar-refractivity contribution in [3.05, 3.63) is 65.6 Å². The van der Waals surface area contributed by atoms with Crippen molar-refractivity contribution in [2.75, 3.05) is 11.9 Å². The van der Waals surface area contributed by atoms with Crippen LogP contribution in [0.1, 0.15) is 37.4 Å². The van der Waals surface area contributed by atoms with Gasteiger partial charge in [-0.1, -0.05) is 6.92 Å². The van der Waals surface area contributed by atoms with E-state index in [1.54, 1.807) is 19.2 Å². The summed E-state index contributed by atoms with van der Waals surface area (Å²) in [4.78, 5) is 30.2. The molecule has 154 valence electrons. The summed E-state index contributed by atoms with van der Waals surface area (Å²) in [5.41, 5.74) is 1.94. The van der Waals surface area contributed by atoms with Gasteiger partial charge in [-0.05, 0) is 36.8 Å². The molecule has 1 saturated heterocycles. The lowest BCUT2D eigenvalue weighted by atomic mass is 9.97. The second-order valence-corrected chi connectivity index (χ2v) is 8.35. The minimum absolute atomic E-state index is 0.00447. The van der Waals surface area contributed by atoms with E-state index in [9.17, 15) is 18.4 Å². The number of halogens is 2. The molecule has 2 aromatic rings. The number of urea groups is 1. The molecular formula is C22H21F2N4O2+. The Balaban J connectivity index is 1.34. The van der Waals surface area contributed by atoms with Gasteiger partial charge < -0.3 is 5.32 Å². The standard InChI is InChI=1S/C22H20F2N4O2/c1-12(15-6-5-14(23)8-16(15)24)10-26-19(29)11-28-18-9-22(18,28)13(2)20-17(27-21(28)30)4-3-7-25-20/h3-8,10,13,18H,9,11H2,1-2H3,(H-,26,27,29,30)/p+1/t13-,18?,22?,28?/m1/s1. The zero-order valence-corrected chi connectivity index (χ0v) is 16.6. The van der Waals surface area contributed by atoms with E-state index in [0.29, 0.717) is 11.3 Å². The SMILES string of the molecule is CC(=CNC(=O)C[N+]12C(=O)Nc3cccnc3[C@@H](C)C13CC32)c1ccc(F)cc1F. The number of nitrogens with zero attached hydrogens (tertiary/aromatic N) is 2. The normalized spacial score (nSPS) is 30.9. The number of quaternary nitrogens is 1. The van der Waals surface area contributed by atoms with Crippen LogP contribution in [-0.4, -0.2) is 39.5 Å². The van der Waals surface area contributed by atoms with Gasteiger partial charge in [0.1, 0.15) is 11.6 Å². The first-order valence-electron chi connectivity index (χ1n) is 9.87. The van der Waals surface area contributed by atoms with Crippen molar-refractivity contribution in [2.24, 2.45) is 0 Å². The van der Waals surface area contributed by atoms with Gasteiger partial charge in [0.05, 0.1) is 23.7 Å². The first kappa shape index (κ1) is 18.9. The van der Waals surface area contributed by atoms with Gasteiger partial charge in [-0.15, -0.1) is 0 Å². The molecule has 2 aliphatic heterocycles. The Bertz CT molecular complexity index is 1130. The van der Waals surface area contributed by atoms with Crippen LogP contribution in [0.5, 0.6) is 0 Å². The number of amides is 3. The average Bonchev–Trinajstić information content (AvgIpc) is 3.59. The quantitative estimate of drug-likeness (QED) is 0.597. The van der Waals surface area contributed by atoms with Crippen LogP contribution in [0.2, 0.25) is 0 Å². The predicted octanol–water partition coefficient (Wildman–Crippen LogP) is 3.53. The van der Waals surface area contributed by atoms with Crippen LogP contribution in [0.4, 0.5) is 19.3 Å². The topological polar surface area (TPSA) is 71.1 Å². The van der Waals surface area contributed by atoms with Crippen LogP contribution in [0, 0.1) is 11.6 Å². The van der Waals surface area contributed by atoms with Crippen molar-refractivity contribution >= 4 is 23.2 Å². The fraction of sp³-hybridized carbons (Fsp3) is 0.318. The highest BCUT2D eigenvalue weighted by molar-refractivity contribution is 5.92. The lowest BCUT2D eigenvalue weighted by Crippen LogP contribution is -2.53. The van der Waals surface area contributed by atoms with Crippen LogP contribution >= 0.6 is 0 Å². The van der Waals surface area contributed by atoms with Crippen LogP contribution in [0.25, 0.3) is 5.57 Å². The number of carbonyl (C=O) groups excluding carboxylic acids is 2. The van der Waals surface area contributed by atoms with Gasteiger partial charge in [-0.2, -0.15) is 0 Å². The maximum Gasteiger partial charge on any atom is 0.422 e. The highest BCUT2D eigenvalue weighted by Crippen LogP contribution is 2.76. The summed E-state index contributed by atoms with van der Waals surface area (Å²) >= 11 is 0. The summed E-state index contributed by atoms with van der Waals surface area (Å²) in [7, 11) is 0. The van der Waals surface area contributed by atoms with E-state index in [-0.39, 0.29) is 46.0 Å². The van der Waals surface area contributed by atoms with Crippen LogP contribution in [0.3, 0.4) is 0 Å². The minimum atomic E-state index is -0.697. The number of aromatic nitrogens is 1. The van der Waals surface area contributed by atoms with Crippen molar-refractivity contribution < 1.29 is 22.9 Å². The van der Waals surface area contributed by atoms with Gasteiger partial charge in [-0.3, -0.25) is 15.1 Å².